The van der Waals surface area contributed by atoms with E-state index in [2.05, 4.69) is 5.32 Å². The van der Waals surface area contributed by atoms with Crippen molar-refractivity contribution in [3.63, 3.8) is 0 Å². The van der Waals surface area contributed by atoms with E-state index in [1.165, 1.54) is 20.3 Å². The molecule has 25 heavy (non-hydrogen) atoms. The second-order valence-corrected chi connectivity index (χ2v) is 5.06. The molecule has 0 aliphatic rings. The zero-order chi connectivity index (χ0) is 18.6. The summed E-state index contributed by atoms with van der Waals surface area (Å²) in [7, 11) is 2.90. The number of carbonyl (C=O) groups is 1. The highest BCUT2D eigenvalue weighted by Crippen LogP contribution is 2.29. The highest BCUT2D eigenvalue weighted by atomic mass is 19.2. The molecule has 2 aromatic carbocycles. The fraction of sp³-hybridized carbons (Fsp3) is 0.235. The summed E-state index contributed by atoms with van der Waals surface area (Å²) in [5, 5.41) is 12.4. The summed E-state index contributed by atoms with van der Waals surface area (Å²) in [6, 6.07) is 6.14. The molecule has 0 saturated heterocycles. The van der Waals surface area contributed by atoms with Crippen molar-refractivity contribution in [2.75, 3.05) is 20.8 Å². The Labute approximate surface area is 142 Å². The molecule has 0 spiro atoms. The van der Waals surface area contributed by atoms with E-state index in [1.54, 1.807) is 12.1 Å². The summed E-state index contributed by atoms with van der Waals surface area (Å²) in [6.45, 7) is -0.271. The minimum Gasteiger partial charge on any atom is -0.493 e. The van der Waals surface area contributed by atoms with E-state index in [-0.39, 0.29) is 6.54 Å². The largest absolute Gasteiger partial charge is 0.493 e. The fourth-order valence-electron chi connectivity index (χ4n) is 2.16. The average Bonchev–Trinajstić information content (AvgIpc) is 2.63. The maximum atomic E-state index is 13.6. The lowest BCUT2D eigenvalue weighted by molar-refractivity contribution is 0.0911. The number of methoxy groups -OCH3 is 2. The van der Waals surface area contributed by atoms with Crippen molar-refractivity contribution in [2.45, 2.75) is 6.10 Å². The Kier molecular flexibility index (Phi) is 5.87. The molecule has 134 valence electrons. The summed E-state index contributed by atoms with van der Waals surface area (Å²) in [4.78, 5) is 11.9. The Morgan fingerprint density at radius 2 is 1.76 bits per heavy atom. The normalized spacial score (nSPS) is 11.8. The molecule has 5 nitrogen and oxygen atoms in total. The molecule has 1 atom stereocenters. The summed E-state index contributed by atoms with van der Waals surface area (Å²) >= 11 is 0. The van der Waals surface area contributed by atoms with E-state index in [0.717, 1.165) is 6.07 Å². The minimum atomic E-state index is -1.73. The fourth-order valence-corrected chi connectivity index (χ4v) is 2.16. The number of hydrogen-bond donors (Lipinski definition) is 2. The minimum absolute atomic E-state index is 0.271. The van der Waals surface area contributed by atoms with Crippen molar-refractivity contribution >= 4 is 5.91 Å². The summed E-state index contributed by atoms with van der Waals surface area (Å²) < 4.78 is 49.8. The predicted octanol–water partition coefficient (Wildman–Crippen LogP) is 2.58. The van der Waals surface area contributed by atoms with E-state index in [4.69, 9.17) is 9.47 Å². The zero-order valence-electron chi connectivity index (χ0n) is 13.5. The van der Waals surface area contributed by atoms with Crippen LogP contribution in [0.1, 0.15) is 22.0 Å². The van der Waals surface area contributed by atoms with Crippen LogP contribution in [0.15, 0.2) is 30.3 Å². The van der Waals surface area contributed by atoms with E-state index >= 15 is 0 Å². The smallest absolute Gasteiger partial charge is 0.254 e. The molecule has 0 fully saturated rings. The van der Waals surface area contributed by atoms with E-state index in [0.29, 0.717) is 23.1 Å². The van der Waals surface area contributed by atoms with Crippen LogP contribution in [-0.2, 0) is 0 Å². The van der Waals surface area contributed by atoms with Gasteiger partial charge in [-0.1, -0.05) is 6.07 Å². The van der Waals surface area contributed by atoms with Crippen molar-refractivity contribution in [2.24, 2.45) is 0 Å². The number of hydrogen-bond acceptors (Lipinski definition) is 4. The second kappa shape index (κ2) is 7.89. The third kappa shape index (κ3) is 4.03. The molecule has 2 N–H and O–H groups in total. The van der Waals surface area contributed by atoms with Gasteiger partial charge in [0.05, 0.1) is 25.9 Å². The van der Waals surface area contributed by atoms with Gasteiger partial charge in [0, 0.05) is 6.54 Å². The van der Waals surface area contributed by atoms with Gasteiger partial charge >= 0.3 is 0 Å². The van der Waals surface area contributed by atoms with Crippen molar-refractivity contribution in [1.82, 2.24) is 5.32 Å². The summed E-state index contributed by atoms with van der Waals surface area (Å²) in [6.07, 6.45) is -1.13. The molecule has 0 aliphatic carbocycles. The molecule has 1 amide bonds. The van der Waals surface area contributed by atoms with Crippen LogP contribution in [-0.4, -0.2) is 31.8 Å². The van der Waals surface area contributed by atoms with Gasteiger partial charge in [0.1, 0.15) is 0 Å². The van der Waals surface area contributed by atoms with Gasteiger partial charge in [0.25, 0.3) is 5.91 Å². The van der Waals surface area contributed by atoms with E-state index in [9.17, 15) is 23.1 Å². The van der Waals surface area contributed by atoms with Gasteiger partial charge in [-0.15, -0.1) is 0 Å². The van der Waals surface area contributed by atoms with Crippen LogP contribution in [0.3, 0.4) is 0 Å². The summed E-state index contributed by atoms with van der Waals surface area (Å²) in [5.74, 6) is -4.83. The van der Waals surface area contributed by atoms with E-state index < -0.39 is 35.0 Å². The Morgan fingerprint density at radius 1 is 1.08 bits per heavy atom. The van der Waals surface area contributed by atoms with Gasteiger partial charge in [0.15, 0.2) is 29.0 Å². The van der Waals surface area contributed by atoms with Crippen molar-refractivity contribution in [3.05, 3.63) is 58.9 Å². The first kappa shape index (κ1) is 18.6. The highest BCUT2D eigenvalue weighted by Gasteiger charge is 2.20. The molecule has 0 saturated carbocycles. The van der Waals surface area contributed by atoms with Crippen LogP contribution in [0.5, 0.6) is 11.5 Å². The Hall–Kier alpha value is -2.74. The topological polar surface area (TPSA) is 67.8 Å². The molecular weight excluding hydrogens is 339 g/mol. The van der Waals surface area contributed by atoms with Crippen LogP contribution in [0.4, 0.5) is 13.2 Å². The molecule has 0 bridgehead atoms. The third-order valence-electron chi connectivity index (χ3n) is 3.53. The number of aliphatic hydroxyl groups excluding tert-OH is 1. The predicted molar refractivity (Wildman–Crippen MR) is 83.2 cm³/mol. The first-order valence-corrected chi connectivity index (χ1v) is 7.20. The Morgan fingerprint density at radius 3 is 2.40 bits per heavy atom. The number of halogens is 3. The van der Waals surface area contributed by atoms with Crippen molar-refractivity contribution in [1.29, 1.82) is 0 Å². The van der Waals surface area contributed by atoms with Gasteiger partial charge in [-0.3, -0.25) is 4.79 Å². The quantitative estimate of drug-likeness (QED) is 0.782. The molecule has 0 aliphatic heterocycles. The number of carbonyl (C=O) groups excluding carboxylic acids is 1. The van der Waals surface area contributed by atoms with Crippen molar-refractivity contribution in [3.8, 4) is 11.5 Å². The number of nitrogens with one attached hydrogen (secondary N) is 1. The maximum absolute atomic E-state index is 13.6. The molecule has 8 heteroatoms. The monoisotopic (exact) mass is 355 g/mol. The SMILES string of the molecule is COc1ccc(C(O)CNC(=O)c2ccc(F)c(F)c2F)cc1OC. The lowest BCUT2D eigenvalue weighted by Gasteiger charge is -2.15. The van der Waals surface area contributed by atoms with Crippen molar-refractivity contribution < 1.29 is 32.5 Å². The second-order valence-electron chi connectivity index (χ2n) is 5.06. The summed E-state index contributed by atoms with van der Waals surface area (Å²) in [5.41, 5.74) is -0.234. The van der Waals surface area contributed by atoms with Gasteiger partial charge < -0.3 is 19.9 Å². The number of amides is 1. The van der Waals surface area contributed by atoms with Gasteiger partial charge in [-0.2, -0.15) is 0 Å². The average molecular weight is 355 g/mol. The van der Waals surface area contributed by atoms with E-state index in [1.807, 2.05) is 0 Å². The van der Waals surface area contributed by atoms with Gasteiger partial charge in [-0.05, 0) is 29.8 Å². The van der Waals surface area contributed by atoms with Crippen LogP contribution in [0, 0.1) is 17.5 Å². The number of benzene rings is 2. The first-order valence-electron chi connectivity index (χ1n) is 7.20. The van der Waals surface area contributed by atoms with Gasteiger partial charge in [-0.25, -0.2) is 13.2 Å². The lowest BCUT2D eigenvalue weighted by atomic mass is 10.1. The maximum Gasteiger partial charge on any atom is 0.254 e. The number of rotatable bonds is 6. The van der Waals surface area contributed by atoms with Crippen LogP contribution in [0.25, 0.3) is 0 Å². The standard InChI is InChI=1S/C17H16F3NO4/c1-24-13-6-3-9(7-14(13)25-2)12(22)8-21-17(23)10-4-5-11(18)16(20)15(10)19/h3-7,12,22H,8H2,1-2H3,(H,21,23). The molecule has 1 unspecified atom stereocenters. The number of ether oxygens (including phenoxy) is 2. The highest BCUT2D eigenvalue weighted by molar-refractivity contribution is 5.94. The molecular formula is C17H16F3NO4. The van der Waals surface area contributed by atoms with Crippen LogP contribution in [0.2, 0.25) is 0 Å². The zero-order valence-corrected chi connectivity index (χ0v) is 13.5. The molecule has 0 radical (unpaired) electrons. The lowest BCUT2D eigenvalue weighted by Crippen LogP contribution is -2.29. The molecule has 2 aromatic rings. The molecule has 0 heterocycles. The Balaban J connectivity index is 2.08. The Bertz CT molecular complexity index is 783. The van der Waals surface area contributed by atoms with Crippen LogP contribution >= 0.6 is 0 Å². The first-order chi connectivity index (χ1) is 11.9. The van der Waals surface area contributed by atoms with Crippen LogP contribution < -0.4 is 14.8 Å². The molecule has 2 rings (SSSR count). The molecule has 0 aromatic heterocycles. The van der Waals surface area contributed by atoms with Gasteiger partial charge in [0.2, 0.25) is 0 Å². The number of aliphatic hydroxyl groups is 1. The third-order valence-corrected chi connectivity index (χ3v) is 3.53.